The molecule has 0 saturated heterocycles. The molecule has 0 aliphatic carbocycles. The van der Waals surface area contributed by atoms with Gasteiger partial charge in [0.05, 0.1) is 6.20 Å². The second kappa shape index (κ2) is 6.33. The molecule has 6 heteroatoms. The second-order valence-electron chi connectivity index (χ2n) is 5.41. The van der Waals surface area contributed by atoms with E-state index in [1.807, 2.05) is 18.2 Å². The van der Waals surface area contributed by atoms with Gasteiger partial charge in [-0.1, -0.05) is 36.4 Å². The Hall–Kier alpha value is -2.86. The Morgan fingerprint density at radius 3 is 2.83 bits per heavy atom. The zero-order valence-electron chi connectivity index (χ0n) is 12.8. The zero-order chi connectivity index (χ0) is 16.4. The smallest absolute Gasteiger partial charge is 0.273 e. The Morgan fingerprint density at radius 2 is 2.04 bits per heavy atom. The molecule has 1 amide bonds. The van der Waals surface area contributed by atoms with Crippen LogP contribution in [-0.4, -0.2) is 38.8 Å². The largest absolute Gasteiger partial charge is 0.329 e. The zero-order valence-corrected chi connectivity index (χ0v) is 13.6. The van der Waals surface area contributed by atoms with E-state index in [1.54, 1.807) is 28.9 Å². The quantitative estimate of drug-likeness (QED) is 0.738. The molecule has 0 atom stereocenters. The fourth-order valence-corrected chi connectivity index (χ4v) is 3.39. The Labute approximate surface area is 143 Å². The fraction of sp³-hybridized carbons (Fsp3) is 0.111. The summed E-state index contributed by atoms with van der Waals surface area (Å²) < 4.78 is 0. The van der Waals surface area contributed by atoms with E-state index in [0.717, 1.165) is 5.56 Å². The monoisotopic (exact) mass is 334 g/mol. The van der Waals surface area contributed by atoms with Crippen LogP contribution in [0.2, 0.25) is 0 Å². The first kappa shape index (κ1) is 14.7. The van der Waals surface area contributed by atoms with E-state index in [1.165, 1.54) is 16.9 Å². The highest BCUT2D eigenvalue weighted by Crippen LogP contribution is 2.25. The van der Waals surface area contributed by atoms with Gasteiger partial charge in [0.1, 0.15) is 16.4 Å². The maximum atomic E-state index is 12.7. The van der Waals surface area contributed by atoms with Crippen LogP contribution in [0.1, 0.15) is 16.1 Å². The lowest BCUT2D eigenvalue weighted by atomic mass is 10.1. The number of hydrogen-bond donors (Lipinski definition) is 0. The molecule has 118 valence electrons. The Morgan fingerprint density at radius 1 is 1.17 bits per heavy atom. The van der Waals surface area contributed by atoms with Crippen LogP contribution < -0.4 is 0 Å². The predicted octanol–water partition coefficient (Wildman–Crippen LogP) is 3.14. The summed E-state index contributed by atoms with van der Waals surface area (Å²) in [6.45, 7) is 1.22. The minimum Gasteiger partial charge on any atom is -0.329 e. The van der Waals surface area contributed by atoms with Crippen LogP contribution in [0.3, 0.4) is 0 Å². The molecule has 24 heavy (non-hydrogen) atoms. The summed E-state index contributed by atoms with van der Waals surface area (Å²) >= 11 is 1.41. The van der Waals surface area contributed by atoms with Crippen LogP contribution in [0.5, 0.6) is 0 Å². The molecule has 2 aromatic heterocycles. The summed E-state index contributed by atoms with van der Waals surface area (Å²) in [6, 6.07) is 10.1. The number of amides is 1. The van der Waals surface area contributed by atoms with Crippen molar-refractivity contribution in [3.8, 4) is 10.7 Å². The molecule has 0 saturated carbocycles. The van der Waals surface area contributed by atoms with Gasteiger partial charge in [-0.3, -0.25) is 14.8 Å². The van der Waals surface area contributed by atoms with Gasteiger partial charge >= 0.3 is 0 Å². The minimum absolute atomic E-state index is 0.0522. The molecule has 0 spiro atoms. The molecule has 1 aliphatic rings. The van der Waals surface area contributed by atoms with Crippen LogP contribution in [0.4, 0.5) is 0 Å². The number of carbonyl (C=O) groups excluding carboxylic acids is 1. The Kier molecular flexibility index (Phi) is 3.88. The molecule has 0 fully saturated rings. The topological polar surface area (TPSA) is 59.0 Å². The van der Waals surface area contributed by atoms with Crippen LogP contribution in [-0.2, 0) is 0 Å². The van der Waals surface area contributed by atoms with Gasteiger partial charge in [0, 0.05) is 30.9 Å². The highest BCUT2D eigenvalue weighted by atomic mass is 32.1. The molecule has 0 unspecified atom stereocenters. The van der Waals surface area contributed by atoms with Crippen LogP contribution >= 0.6 is 11.3 Å². The van der Waals surface area contributed by atoms with Gasteiger partial charge in [-0.25, -0.2) is 4.98 Å². The van der Waals surface area contributed by atoms with Crippen molar-refractivity contribution in [2.75, 3.05) is 13.1 Å². The normalized spacial score (nSPS) is 13.8. The summed E-state index contributed by atoms with van der Waals surface area (Å²) in [5, 5.41) is 2.49. The van der Waals surface area contributed by atoms with E-state index >= 15 is 0 Å². The third-order valence-corrected chi connectivity index (χ3v) is 4.72. The van der Waals surface area contributed by atoms with Crippen LogP contribution in [0, 0.1) is 0 Å². The van der Waals surface area contributed by atoms with Crippen molar-refractivity contribution in [2.45, 2.75) is 0 Å². The lowest BCUT2D eigenvalue weighted by molar-refractivity contribution is 0.0796. The molecule has 1 aromatic carbocycles. The molecular weight excluding hydrogens is 320 g/mol. The first-order chi connectivity index (χ1) is 11.8. The maximum absolute atomic E-state index is 12.7. The van der Waals surface area contributed by atoms with E-state index in [4.69, 9.17) is 0 Å². The first-order valence-corrected chi connectivity index (χ1v) is 8.45. The molecule has 3 aromatic rings. The summed E-state index contributed by atoms with van der Waals surface area (Å²) in [7, 11) is 0. The fourth-order valence-electron chi connectivity index (χ4n) is 2.63. The number of aromatic nitrogens is 3. The molecular formula is C18H14N4OS. The van der Waals surface area contributed by atoms with Crippen molar-refractivity contribution in [1.82, 2.24) is 19.9 Å². The van der Waals surface area contributed by atoms with Gasteiger partial charge in [0.25, 0.3) is 5.91 Å². The maximum Gasteiger partial charge on any atom is 0.273 e. The lowest BCUT2D eigenvalue weighted by Crippen LogP contribution is -2.29. The second-order valence-corrected chi connectivity index (χ2v) is 6.27. The van der Waals surface area contributed by atoms with Crippen molar-refractivity contribution in [3.05, 3.63) is 71.6 Å². The van der Waals surface area contributed by atoms with E-state index in [2.05, 4.69) is 33.2 Å². The molecule has 4 rings (SSSR count). The highest BCUT2D eigenvalue weighted by Gasteiger charge is 2.23. The number of nitrogens with zero attached hydrogens (tertiary/aromatic N) is 4. The van der Waals surface area contributed by atoms with Gasteiger partial charge in [-0.05, 0) is 11.1 Å². The number of thiazole rings is 1. The predicted molar refractivity (Wildman–Crippen MR) is 93.5 cm³/mol. The van der Waals surface area contributed by atoms with E-state index in [9.17, 15) is 4.79 Å². The highest BCUT2D eigenvalue weighted by molar-refractivity contribution is 7.13. The summed E-state index contributed by atoms with van der Waals surface area (Å²) in [5.41, 5.74) is 3.48. The van der Waals surface area contributed by atoms with Crippen molar-refractivity contribution in [3.63, 3.8) is 0 Å². The summed E-state index contributed by atoms with van der Waals surface area (Å²) in [5.74, 6) is -0.0522. The Bertz CT molecular complexity index is 890. The van der Waals surface area contributed by atoms with E-state index in [-0.39, 0.29) is 5.91 Å². The third-order valence-electron chi connectivity index (χ3n) is 3.86. The summed E-state index contributed by atoms with van der Waals surface area (Å²) in [6.07, 6.45) is 6.99. The van der Waals surface area contributed by atoms with Gasteiger partial charge in [0.2, 0.25) is 0 Å². The average molecular weight is 334 g/mol. The van der Waals surface area contributed by atoms with Crippen molar-refractivity contribution in [1.29, 1.82) is 0 Å². The van der Waals surface area contributed by atoms with Crippen LogP contribution in [0.15, 0.2) is 60.4 Å². The first-order valence-electron chi connectivity index (χ1n) is 7.57. The number of hydrogen-bond acceptors (Lipinski definition) is 5. The molecule has 0 N–H and O–H groups in total. The number of benzene rings is 1. The molecule has 5 nitrogen and oxygen atoms in total. The van der Waals surface area contributed by atoms with Crippen molar-refractivity contribution >= 4 is 22.8 Å². The van der Waals surface area contributed by atoms with Crippen LogP contribution in [0.25, 0.3) is 16.3 Å². The van der Waals surface area contributed by atoms with Gasteiger partial charge < -0.3 is 4.90 Å². The molecule has 0 bridgehead atoms. The number of carbonyl (C=O) groups is 1. The standard InChI is InChI=1S/C18H14N4OS/c23-18(16-12-24-17(21-16)15-10-19-7-8-20-15)22-9-6-14(11-22)13-4-2-1-3-5-13/h1-8,10,12H,9,11H2. The molecule has 1 aliphatic heterocycles. The molecule has 0 radical (unpaired) electrons. The minimum atomic E-state index is -0.0522. The lowest BCUT2D eigenvalue weighted by Gasteiger charge is -2.15. The number of rotatable bonds is 3. The SMILES string of the molecule is O=C(c1csc(-c2cnccn2)n1)N1CC=C(c2ccccc2)C1. The van der Waals surface area contributed by atoms with E-state index < -0.39 is 0 Å². The van der Waals surface area contributed by atoms with Crippen molar-refractivity contribution in [2.24, 2.45) is 0 Å². The van der Waals surface area contributed by atoms with E-state index in [0.29, 0.717) is 29.5 Å². The Balaban J connectivity index is 1.49. The van der Waals surface area contributed by atoms with Crippen molar-refractivity contribution < 1.29 is 4.79 Å². The van der Waals surface area contributed by atoms with Gasteiger partial charge in [-0.2, -0.15) is 0 Å². The third kappa shape index (κ3) is 2.83. The molecule has 3 heterocycles. The van der Waals surface area contributed by atoms with Gasteiger partial charge in [-0.15, -0.1) is 11.3 Å². The van der Waals surface area contributed by atoms with Gasteiger partial charge in [0.15, 0.2) is 0 Å². The average Bonchev–Trinajstić information content (AvgIpc) is 3.33. The summed E-state index contributed by atoms with van der Waals surface area (Å²) in [4.78, 5) is 27.2.